The predicted octanol–water partition coefficient (Wildman–Crippen LogP) is 1.85. The first-order valence-electron chi connectivity index (χ1n) is 7.20. The fraction of sp³-hybridized carbons (Fsp3) is 0.571. The van der Waals surface area contributed by atoms with E-state index in [1.165, 1.54) is 5.56 Å². The lowest BCUT2D eigenvalue weighted by atomic mass is 9.97. The number of H-pyrrole nitrogens is 1. The van der Waals surface area contributed by atoms with Crippen LogP contribution in [0, 0.1) is 6.92 Å². The van der Waals surface area contributed by atoms with Crippen LogP contribution in [0.2, 0.25) is 0 Å². The monoisotopic (exact) mass is 272 g/mol. The van der Waals surface area contributed by atoms with E-state index in [-0.39, 0.29) is 0 Å². The predicted molar refractivity (Wildman–Crippen MR) is 76.7 cm³/mol. The lowest BCUT2D eigenvalue weighted by Gasteiger charge is -2.33. The molecule has 3 heterocycles. The maximum atomic E-state index is 4.65. The summed E-state index contributed by atoms with van der Waals surface area (Å²) in [5, 5.41) is 6.96. The van der Waals surface area contributed by atoms with Crippen molar-refractivity contribution in [3.63, 3.8) is 0 Å². The second kappa shape index (κ2) is 5.56. The summed E-state index contributed by atoms with van der Waals surface area (Å²) in [6.45, 7) is 6.09. The fourth-order valence-electron chi connectivity index (χ4n) is 2.81. The van der Waals surface area contributed by atoms with E-state index in [1.807, 2.05) is 13.1 Å². The molecule has 1 fully saturated rings. The van der Waals surface area contributed by atoms with Crippen molar-refractivity contribution in [2.45, 2.75) is 39.0 Å². The van der Waals surface area contributed by atoms with Gasteiger partial charge in [0.05, 0.1) is 0 Å². The van der Waals surface area contributed by atoms with E-state index >= 15 is 0 Å². The van der Waals surface area contributed by atoms with Crippen LogP contribution < -0.4 is 4.90 Å². The second-order valence-corrected chi connectivity index (χ2v) is 5.28. The third kappa shape index (κ3) is 2.50. The highest BCUT2D eigenvalue weighted by Crippen LogP contribution is 2.28. The summed E-state index contributed by atoms with van der Waals surface area (Å²) in [5.74, 6) is 3.31. The van der Waals surface area contributed by atoms with Gasteiger partial charge in [-0.05, 0) is 26.2 Å². The zero-order valence-corrected chi connectivity index (χ0v) is 12.0. The van der Waals surface area contributed by atoms with Gasteiger partial charge in [0.2, 0.25) is 0 Å². The van der Waals surface area contributed by atoms with Crippen LogP contribution >= 0.6 is 0 Å². The largest absolute Gasteiger partial charge is 0.356 e. The van der Waals surface area contributed by atoms with Gasteiger partial charge in [-0.3, -0.25) is 5.10 Å². The van der Waals surface area contributed by atoms with Crippen LogP contribution in [-0.4, -0.2) is 38.2 Å². The van der Waals surface area contributed by atoms with Crippen molar-refractivity contribution in [1.82, 2.24) is 25.1 Å². The first kappa shape index (κ1) is 13.0. The molecule has 20 heavy (non-hydrogen) atoms. The maximum Gasteiger partial charge on any atom is 0.137 e. The third-order valence-corrected chi connectivity index (χ3v) is 3.88. The molecule has 6 nitrogen and oxygen atoms in total. The van der Waals surface area contributed by atoms with Crippen LogP contribution in [0.1, 0.15) is 42.9 Å². The van der Waals surface area contributed by atoms with Crippen LogP contribution in [0.4, 0.5) is 5.82 Å². The van der Waals surface area contributed by atoms with Gasteiger partial charge in [0.25, 0.3) is 0 Å². The van der Waals surface area contributed by atoms with E-state index < -0.39 is 0 Å². The highest BCUT2D eigenvalue weighted by Gasteiger charge is 2.25. The molecule has 0 amide bonds. The molecule has 0 radical (unpaired) electrons. The molecule has 0 aliphatic carbocycles. The molecular weight excluding hydrogens is 252 g/mol. The van der Waals surface area contributed by atoms with Crippen LogP contribution in [0.15, 0.2) is 12.5 Å². The summed E-state index contributed by atoms with van der Waals surface area (Å²) in [5.41, 5.74) is 1.22. The van der Waals surface area contributed by atoms with Crippen LogP contribution in [-0.2, 0) is 6.42 Å². The smallest absolute Gasteiger partial charge is 0.137 e. The van der Waals surface area contributed by atoms with Crippen molar-refractivity contribution in [3.8, 4) is 0 Å². The first-order valence-corrected chi connectivity index (χ1v) is 7.20. The van der Waals surface area contributed by atoms with Gasteiger partial charge in [-0.1, -0.05) is 6.92 Å². The van der Waals surface area contributed by atoms with Gasteiger partial charge < -0.3 is 4.90 Å². The fourth-order valence-corrected chi connectivity index (χ4v) is 2.81. The standard InChI is InChI=1S/C14H20N6/c1-3-11-7-15-10(2)18-14(11)20-6-4-5-12(8-20)13-16-9-17-19-13/h7,9,12H,3-6,8H2,1-2H3,(H,16,17,19). The molecule has 2 aromatic heterocycles. The molecule has 1 aliphatic rings. The topological polar surface area (TPSA) is 70.6 Å². The molecule has 1 unspecified atom stereocenters. The first-order chi connectivity index (χ1) is 9.78. The van der Waals surface area contributed by atoms with Crippen LogP contribution in [0.5, 0.6) is 0 Å². The van der Waals surface area contributed by atoms with Crippen molar-refractivity contribution >= 4 is 5.82 Å². The molecule has 0 aromatic carbocycles. The number of aromatic nitrogens is 5. The lowest BCUT2D eigenvalue weighted by Crippen LogP contribution is -2.36. The summed E-state index contributed by atoms with van der Waals surface area (Å²) in [7, 11) is 0. The summed E-state index contributed by atoms with van der Waals surface area (Å²) < 4.78 is 0. The molecule has 0 bridgehead atoms. The number of rotatable bonds is 3. The second-order valence-electron chi connectivity index (χ2n) is 5.28. The van der Waals surface area contributed by atoms with E-state index in [1.54, 1.807) is 6.33 Å². The van der Waals surface area contributed by atoms with Crippen LogP contribution in [0.25, 0.3) is 0 Å². The molecule has 2 aromatic rings. The van der Waals surface area contributed by atoms with Gasteiger partial charge in [-0.2, -0.15) is 5.10 Å². The van der Waals surface area contributed by atoms with E-state index in [9.17, 15) is 0 Å². The summed E-state index contributed by atoms with van der Waals surface area (Å²) >= 11 is 0. The zero-order chi connectivity index (χ0) is 13.9. The van der Waals surface area contributed by atoms with Crippen molar-refractivity contribution < 1.29 is 0 Å². The Morgan fingerprint density at radius 1 is 1.40 bits per heavy atom. The Morgan fingerprint density at radius 3 is 3.05 bits per heavy atom. The Balaban J connectivity index is 1.85. The minimum atomic E-state index is 0.409. The maximum absolute atomic E-state index is 4.65. The number of nitrogens with zero attached hydrogens (tertiary/aromatic N) is 5. The molecular formula is C14H20N6. The Bertz CT molecular complexity index is 565. The summed E-state index contributed by atoms with van der Waals surface area (Å²) in [6.07, 6.45) is 6.80. The quantitative estimate of drug-likeness (QED) is 0.923. The number of piperidine rings is 1. The average Bonchev–Trinajstić information content (AvgIpc) is 3.01. The minimum Gasteiger partial charge on any atom is -0.356 e. The molecule has 1 aliphatic heterocycles. The number of hydrogen-bond acceptors (Lipinski definition) is 5. The Morgan fingerprint density at radius 2 is 2.30 bits per heavy atom. The number of nitrogens with one attached hydrogen (secondary N) is 1. The number of hydrogen-bond donors (Lipinski definition) is 1. The van der Waals surface area contributed by atoms with Gasteiger partial charge >= 0.3 is 0 Å². The Hall–Kier alpha value is -1.98. The molecule has 0 spiro atoms. The van der Waals surface area contributed by atoms with Crippen molar-refractivity contribution in [2.24, 2.45) is 0 Å². The van der Waals surface area contributed by atoms with E-state index in [4.69, 9.17) is 0 Å². The zero-order valence-electron chi connectivity index (χ0n) is 12.0. The van der Waals surface area contributed by atoms with Gasteiger partial charge in [-0.15, -0.1) is 0 Å². The van der Waals surface area contributed by atoms with Crippen LogP contribution in [0.3, 0.4) is 0 Å². The molecule has 106 valence electrons. The number of anilines is 1. The van der Waals surface area contributed by atoms with E-state index in [0.29, 0.717) is 5.92 Å². The number of aryl methyl sites for hydroxylation is 2. The Labute approximate surface area is 118 Å². The Kier molecular flexibility index (Phi) is 3.62. The van der Waals surface area contributed by atoms with Crippen molar-refractivity contribution in [2.75, 3.05) is 18.0 Å². The molecule has 1 atom stereocenters. The highest BCUT2D eigenvalue weighted by atomic mass is 15.2. The lowest BCUT2D eigenvalue weighted by molar-refractivity contribution is 0.488. The molecule has 6 heteroatoms. The average molecular weight is 272 g/mol. The molecule has 3 rings (SSSR count). The minimum absolute atomic E-state index is 0.409. The summed E-state index contributed by atoms with van der Waals surface area (Å²) in [6, 6.07) is 0. The molecule has 0 saturated carbocycles. The van der Waals surface area contributed by atoms with E-state index in [0.717, 1.165) is 49.8 Å². The molecule has 1 N–H and O–H groups in total. The number of aromatic amines is 1. The SMILES string of the molecule is CCc1cnc(C)nc1N1CCCC(c2ncn[nH]2)C1. The normalized spacial score (nSPS) is 19.3. The van der Waals surface area contributed by atoms with Crippen molar-refractivity contribution in [3.05, 3.63) is 29.7 Å². The molecule has 1 saturated heterocycles. The van der Waals surface area contributed by atoms with Gasteiger partial charge in [0, 0.05) is 30.8 Å². The van der Waals surface area contributed by atoms with Crippen molar-refractivity contribution in [1.29, 1.82) is 0 Å². The van der Waals surface area contributed by atoms with Gasteiger partial charge in [-0.25, -0.2) is 15.0 Å². The highest BCUT2D eigenvalue weighted by molar-refractivity contribution is 5.47. The van der Waals surface area contributed by atoms with Gasteiger partial charge in [0.1, 0.15) is 23.8 Å². The summed E-state index contributed by atoms with van der Waals surface area (Å²) in [4.78, 5) is 15.6. The van der Waals surface area contributed by atoms with E-state index in [2.05, 4.69) is 37.0 Å². The third-order valence-electron chi connectivity index (χ3n) is 3.88. The van der Waals surface area contributed by atoms with Gasteiger partial charge in [0.15, 0.2) is 0 Å².